The number of carbonyl (C=O) groups is 2. The van der Waals surface area contributed by atoms with Crippen molar-refractivity contribution in [3.8, 4) is 5.75 Å². The van der Waals surface area contributed by atoms with Gasteiger partial charge in [-0.2, -0.15) is 0 Å². The fraction of sp³-hybridized carbons (Fsp3) is 0.154. The molecule has 2 N–H and O–H groups in total. The van der Waals surface area contributed by atoms with Gasteiger partial charge in [0.05, 0.1) is 11.6 Å². The van der Waals surface area contributed by atoms with Gasteiger partial charge >= 0.3 is 0 Å². The third-order valence-electron chi connectivity index (χ3n) is 5.71. The Morgan fingerprint density at radius 1 is 0.969 bits per heavy atom. The predicted molar refractivity (Wildman–Crippen MR) is 126 cm³/mol. The van der Waals surface area contributed by atoms with Gasteiger partial charge in [-0.15, -0.1) is 0 Å². The van der Waals surface area contributed by atoms with Crippen molar-refractivity contribution in [2.75, 3.05) is 0 Å². The lowest BCUT2D eigenvalue weighted by Gasteiger charge is -2.26. The highest BCUT2D eigenvalue weighted by Crippen LogP contribution is 2.41. The number of ketones is 1. The lowest BCUT2D eigenvalue weighted by molar-refractivity contribution is -0.140. The molecule has 0 spiro atoms. The molecular weight excluding hydrogens is 470 g/mol. The van der Waals surface area contributed by atoms with E-state index in [2.05, 4.69) is 15.9 Å². The van der Waals surface area contributed by atoms with E-state index in [4.69, 9.17) is 0 Å². The molecule has 0 saturated carbocycles. The number of Topliss-reactive ketones (excluding diaryl/α,β-unsaturated/α-hetero) is 1. The molecule has 32 heavy (non-hydrogen) atoms. The van der Waals surface area contributed by atoms with Crippen LogP contribution in [0, 0.1) is 13.8 Å². The maximum Gasteiger partial charge on any atom is 0.295 e. The summed E-state index contributed by atoms with van der Waals surface area (Å²) in [5.41, 5.74) is 4.11. The second-order valence-electron chi connectivity index (χ2n) is 7.96. The first-order chi connectivity index (χ1) is 15.3. The molecule has 4 rings (SSSR count). The largest absolute Gasteiger partial charge is 0.508 e. The fourth-order valence-corrected chi connectivity index (χ4v) is 4.23. The van der Waals surface area contributed by atoms with Gasteiger partial charge in [-0.3, -0.25) is 9.59 Å². The number of aryl methyl sites for hydroxylation is 2. The van der Waals surface area contributed by atoms with Crippen molar-refractivity contribution in [2.24, 2.45) is 0 Å². The Morgan fingerprint density at radius 3 is 2.28 bits per heavy atom. The monoisotopic (exact) mass is 491 g/mol. The molecule has 0 bridgehead atoms. The summed E-state index contributed by atoms with van der Waals surface area (Å²) in [7, 11) is 0. The third-order valence-corrected chi connectivity index (χ3v) is 6.24. The molecule has 0 aromatic heterocycles. The van der Waals surface area contributed by atoms with Gasteiger partial charge in [-0.1, -0.05) is 64.0 Å². The number of phenolic OH excluding ortho intramolecular Hbond substituents is 1. The number of aliphatic hydroxyl groups is 1. The van der Waals surface area contributed by atoms with Crippen LogP contribution in [-0.2, 0) is 16.1 Å². The van der Waals surface area contributed by atoms with Crippen molar-refractivity contribution in [3.05, 3.63) is 105 Å². The van der Waals surface area contributed by atoms with Crippen molar-refractivity contribution in [2.45, 2.75) is 26.4 Å². The van der Waals surface area contributed by atoms with Crippen molar-refractivity contribution in [1.82, 2.24) is 4.90 Å². The first kappa shape index (κ1) is 21.8. The zero-order valence-corrected chi connectivity index (χ0v) is 19.3. The molecule has 6 heteroatoms. The Hall–Kier alpha value is -3.38. The number of carbonyl (C=O) groups excluding carboxylic acids is 2. The number of rotatable bonds is 4. The predicted octanol–water partition coefficient (Wildman–Crippen LogP) is 5.39. The molecule has 0 radical (unpaired) electrons. The van der Waals surface area contributed by atoms with E-state index in [0.717, 1.165) is 21.2 Å². The molecule has 5 nitrogen and oxygen atoms in total. The molecule has 1 fully saturated rings. The average molecular weight is 492 g/mol. The van der Waals surface area contributed by atoms with Gasteiger partial charge in [0.25, 0.3) is 11.7 Å². The van der Waals surface area contributed by atoms with Gasteiger partial charge in [-0.05, 0) is 54.8 Å². The molecule has 0 aliphatic carbocycles. The van der Waals surface area contributed by atoms with Crippen LogP contribution < -0.4 is 0 Å². The van der Waals surface area contributed by atoms with Crippen molar-refractivity contribution in [3.63, 3.8) is 0 Å². The lowest BCUT2D eigenvalue weighted by Crippen LogP contribution is -2.29. The summed E-state index contributed by atoms with van der Waals surface area (Å²) in [4.78, 5) is 27.7. The van der Waals surface area contributed by atoms with E-state index in [-0.39, 0.29) is 23.6 Å². The molecular formula is C26H22BrNO4. The smallest absolute Gasteiger partial charge is 0.295 e. The summed E-state index contributed by atoms with van der Waals surface area (Å²) in [6.45, 7) is 4.16. The second kappa shape index (κ2) is 8.63. The number of aromatic hydroxyl groups is 1. The quantitative estimate of drug-likeness (QED) is 0.291. The van der Waals surface area contributed by atoms with Crippen LogP contribution in [0.3, 0.4) is 0 Å². The number of hydrogen-bond donors (Lipinski definition) is 2. The van der Waals surface area contributed by atoms with Gasteiger partial charge in [0, 0.05) is 16.6 Å². The molecule has 1 heterocycles. The van der Waals surface area contributed by atoms with Crippen LogP contribution in [0.5, 0.6) is 5.75 Å². The standard InChI is InChI=1S/C26H22BrNO4/c1-15-3-4-16(2)19(13-15)14-28-23(17-7-11-21(29)12-8-17)22(25(31)26(28)32)24(30)18-5-9-20(27)10-6-18/h3-13,23,29-30H,14H2,1-2H3/b24-22+. The van der Waals surface area contributed by atoms with Crippen LogP contribution in [0.25, 0.3) is 5.76 Å². The van der Waals surface area contributed by atoms with Crippen LogP contribution >= 0.6 is 15.9 Å². The minimum Gasteiger partial charge on any atom is -0.508 e. The summed E-state index contributed by atoms with van der Waals surface area (Å²) >= 11 is 3.36. The maximum atomic E-state index is 13.1. The van der Waals surface area contributed by atoms with Gasteiger partial charge in [0.1, 0.15) is 11.5 Å². The highest BCUT2D eigenvalue weighted by molar-refractivity contribution is 9.10. The van der Waals surface area contributed by atoms with Gasteiger partial charge in [-0.25, -0.2) is 0 Å². The molecule has 1 amide bonds. The van der Waals surface area contributed by atoms with Crippen molar-refractivity contribution in [1.29, 1.82) is 0 Å². The first-order valence-electron chi connectivity index (χ1n) is 10.2. The molecule has 1 saturated heterocycles. The number of nitrogens with zero attached hydrogens (tertiary/aromatic N) is 1. The Bertz CT molecular complexity index is 1230. The Labute approximate surface area is 194 Å². The Kier molecular flexibility index (Phi) is 5.89. The zero-order chi connectivity index (χ0) is 23.0. The number of hydrogen-bond acceptors (Lipinski definition) is 4. The van der Waals surface area contributed by atoms with E-state index >= 15 is 0 Å². The summed E-state index contributed by atoms with van der Waals surface area (Å²) < 4.78 is 0.833. The summed E-state index contributed by atoms with van der Waals surface area (Å²) in [5, 5.41) is 20.8. The molecule has 3 aromatic rings. The summed E-state index contributed by atoms with van der Waals surface area (Å²) in [6, 6.07) is 18.4. The molecule has 1 aliphatic heterocycles. The Balaban J connectivity index is 1.87. The van der Waals surface area contributed by atoms with Gasteiger partial charge in [0.15, 0.2) is 0 Å². The lowest BCUT2D eigenvalue weighted by atomic mass is 9.95. The minimum atomic E-state index is -0.779. The maximum absolute atomic E-state index is 13.1. The zero-order valence-electron chi connectivity index (χ0n) is 17.7. The van der Waals surface area contributed by atoms with E-state index in [9.17, 15) is 19.8 Å². The number of halogens is 1. The van der Waals surface area contributed by atoms with Crippen LogP contribution in [0.15, 0.2) is 76.8 Å². The van der Waals surface area contributed by atoms with Crippen LogP contribution in [-0.4, -0.2) is 26.8 Å². The van der Waals surface area contributed by atoms with E-state index in [1.165, 1.54) is 17.0 Å². The topological polar surface area (TPSA) is 77.8 Å². The third kappa shape index (κ3) is 4.06. The van der Waals surface area contributed by atoms with Crippen molar-refractivity contribution >= 4 is 33.4 Å². The molecule has 162 valence electrons. The van der Waals surface area contributed by atoms with Crippen LogP contribution in [0.2, 0.25) is 0 Å². The van der Waals surface area contributed by atoms with Crippen LogP contribution in [0.4, 0.5) is 0 Å². The number of aliphatic hydroxyl groups excluding tert-OH is 1. The minimum absolute atomic E-state index is 0.0355. The molecule has 3 aromatic carbocycles. The van der Waals surface area contributed by atoms with Crippen LogP contribution in [0.1, 0.15) is 33.9 Å². The average Bonchev–Trinajstić information content (AvgIpc) is 3.02. The summed E-state index contributed by atoms with van der Waals surface area (Å²) in [6.07, 6.45) is 0. The highest BCUT2D eigenvalue weighted by Gasteiger charge is 2.46. The number of benzene rings is 3. The Morgan fingerprint density at radius 2 is 1.62 bits per heavy atom. The SMILES string of the molecule is Cc1ccc(C)c(CN2C(=O)C(=O)/C(=C(/O)c3ccc(Br)cc3)C2c2ccc(O)cc2)c1. The molecule has 1 aliphatic rings. The van der Waals surface area contributed by atoms with E-state index in [0.29, 0.717) is 11.1 Å². The normalized spacial score (nSPS) is 17.7. The van der Waals surface area contributed by atoms with E-state index < -0.39 is 17.7 Å². The van der Waals surface area contributed by atoms with E-state index in [1.807, 2.05) is 32.0 Å². The van der Waals surface area contributed by atoms with E-state index in [1.54, 1.807) is 36.4 Å². The number of amides is 1. The fourth-order valence-electron chi connectivity index (χ4n) is 3.96. The second-order valence-corrected chi connectivity index (χ2v) is 8.87. The number of phenols is 1. The molecule has 1 unspecified atom stereocenters. The van der Waals surface area contributed by atoms with Gasteiger partial charge < -0.3 is 15.1 Å². The van der Waals surface area contributed by atoms with Crippen molar-refractivity contribution < 1.29 is 19.8 Å². The summed E-state index contributed by atoms with van der Waals surface area (Å²) in [5.74, 6) is -1.54. The van der Waals surface area contributed by atoms with Gasteiger partial charge in [0.2, 0.25) is 0 Å². The molecule has 1 atom stereocenters. The first-order valence-corrected chi connectivity index (χ1v) is 10.9. The number of likely N-dealkylation sites (tertiary alicyclic amines) is 1. The highest BCUT2D eigenvalue weighted by atomic mass is 79.9.